The van der Waals surface area contributed by atoms with Crippen molar-refractivity contribution in [3.8, 4) is 23.3 Å². The van der Waals surface area contributed by atoms with Gasteiger partial charge in [0.05, 0.1) is 31.9 Å². The van der Waals surface area contributed by atoms with Crippen LogP contribution < -0.4 is 14.2 Å². The normalized spacial score (nSPS) is 15.1. The first-order valence-corrected chi connectivity index (χ1v) is 10.9. The van der Waals surface area contributed by atoms with E-state index in [2.05, 4.69) is 6.07 Å². The quantitative estimate of drug-likeness (QED) is 0.507. The maximum absolute atomic E-state index is 13.4. The summed E-state index contributed by atoms with van der Waals surface area (Å²) in [6, 6.07) is 22.4. The minimum atomic E-state index is -0.0644. The first-order chi connectivity index (χ1) is 16.1. The zero-order valence-corrected chi connectivity index (χ0v) is 18.8. The molecule has 1 unspecified atom stereocenters. The molecule has 33 heavy (non-hydrogen) atoms. The van der Waals surface area contributed by atoms with Crippen molar-refractivity contribution in [1.82, 2.24) is 4.90 Å². The van der Waals surface area contributed by atoms with Crippen molar-refractivity contribution in [1.29, 1.82) is 5.26 Å². The van der Waals surface area contributed by atoms with E-state index in [1.165, 1.54) is 0 Å². The van der Waals surface area contributed by atoms with Gasteiger partial charge in [0.1, 0.15) is 23.9 Å². The van der Waals surface area contributed by atoms with Crippen LogP contribution in [0.4, 0.5) is 0 Å². The summed E-state index contributed by atoms with van der Waals surface area (Å²) in [6.07, 6.45) is 1.79. The number of ether oxygens (including phenoxy) is 3. The highest BCUT2D eigenvalue weighted by molar-refractivity contribution is 5.95. The Labute approximate surface area is 193 Å². The number of nitrogens with zero attached hydrogens (tertiary/aromatic N) is 2. The fourth-order valence-electron chi connectivity index (χ4n) is 4.23. The van der Waals surface area contributed by atoms with Crippen LogP contribution in [0.15, 0.2) is 66.7 Å². The van der Waals surface area contributed by atoms with Crippen molar-refractivity contribution >= 4 is 5.91 Å². The van der Waals surface area contributed by atoms with Gasteiger partial charge in [-0.15, -0.1) is 0 Å². The average molecular weight is 443 g/mol. The second-order valence-corrected chi connectivity index (χ2v) is 7.85. The molecule has 0 spiro atoms. The number of hydrogen-bond acceptors (Lipinski definition) is 5. The van der Waals surface area contributed by atoms with Crippen molar-refractivity contribution in [2.24, 2.45) is 0 Å². The molecule has 0 radical (unpaired) electrons. The van der Waals surface area contributed by atoms with Crippen LogP contribution in [0.25, 0.3) is 0 Å². The number of rotatable bonds is 7. The van der Waals surface area contributed by atoms with E-state index in [0.717, 1.165) is 24.0 Å². The molecule has 4 rings (SSSR count). The van der Waals surface area contributed by atoms with Gasteiger partial charge in [-0.05, 0) is 49.2 Å². The van der Waals surface area contributed by atoms with Gasteiger partial charge in [-0.1, -0.05) is 24.3 Å². The molecule has 0 aliphatic carbocycles. The van der Waals surface area contributed by atoms with Gasteiger partial charge >= 0.3 is 0 Å². The van der Waals surface area contributed by atoms with E-state index in [-0.39, 0.29) is 18.6 Å². The molecule has 3 aromatic rings. The molecule has 1 amide bonds. The third-order valence-electron chi connectivity index (χ3n) is 5.93. The van der Waals surface area contributed by atoms with E-state index >= 15 is 0 Å². The summed E-state index contributed by atoms with van der Waals surface area (Å²) in [5.41, 5.74) is 2.94. The van der Waals surface area contributed by atoms with Crippen LogP contribution in [-0.4, -0.2) is 31.6 Å². The molecule has 0 saturated carbocycles. The number of nitriles is 1. The molecule has 0 bridgehead atoms. The molecule has 6 nitrogen and oxygen atoms in total. The summed E-state index contributed by atoms with van der Waals surface area (Å²) >= 11 is 0. The van der Waals surface area contributed by atoms with Crippen molar-refractivity contribution in [3.05, 3.63) is 89.0 Å². The maximum Gasteiger partial charge on any atom is 0.254 e. The highest BCUT2D eigenvalue weighted by atomic mass is 16.5. The van der Waals surface area contributed by atoms with Crippen LogP contribution in [0.2, 0.25) is 0 Å². The Morgan fingerprint density at radius 2 is 1.88 bits per heavy atom. The topological polar surface area (TPSA) is 71.8 Å². The minimum Gasteiger partial charge on any atom is -0.497 e. The predicted octanol–water partition coefficient (Wildman–Crippen LogP) is 5.13. The molecule has 1 fully saturated rings. The lowest BCUT2D eigenvalue weighted by molar-refractivity contribution is 0.0733. The maximum atomic E-state index is 13.4. The Balaban J connectivity index is 1.53. The third kappa shape index (κ3) is 4.78. The van der Waals surface area contributed by atoms with Crippen LogP contribution in [0.3, 0.4) is 0 Å². The van der Waals surface area contributed by atoms with Gasteiger partial charge in [-0.2, -0.15) is 5.26 Å². The molecular weight excluding hydrogens is 416 g/mol. The van der Waals surface area contributed by atoms with E-state index in [9.17, 15) is 10.1 Å². The lowest BCUT2D eigenvalue weighted by atomic mass is 10.0. The molecular formula is C27H26N2O4. The zero-order valence-electron chi connectivity index (χ0n) is 18.8. The van der Waals surface area contributed by atoms with E-state index < -0.39 is 0 Å². The summed E-state index contributed by atoms with van der Waals surface area (Å²) in [7, 11) is 3.25. The van der Waals surface area contributed by atoms with Gasteiger partial charge in [0.2, 0.25) is 0 Å². The summed E-state index contributed by atoms with van der Waals surface area (Å²) in [4.78, 5) is 15.3. The Morgan fingerprint density at radius 1 is 1.03 bits per heavy atom. The molecule has 1 saturated heterocycles. The summed E-state index contributed by atoms with van der Waals surface area (Å²) in [6.45, 7) is 0.941. The van der Waals surface area contributed by atoms with Gasteiger partial charge in [0.25, 0.3) is 5.91 Å². The molecule has 168 valence electrons. The minimum absolute atomic E-state index is 0.0433. The fraction of sp³-hybridized carbons (Fsp3) is 0.259. The van der Waals surface area contributed by atoms with Gasteiger partial charge in [-0.3, -0.25) is 4.79 Å². The van der Waals surface area contributed by atoms with Crippen LogP contribution in [0.1, 0.15) is 45.9 Å². The molecule has 6 heteroatoms. The first-order valence-electron chi connectivity index (χ1n) is 10.9. The highest BCUT2D eigenvalue weighted by Gasteiger charge is 2.32. The number of benzene rings is 3. The molecule has 1 heterocycles. The van der Waals surface area contributed by atoms with Crippen LogP contribution in [0.5, 0.6) is 17.2 Å². The number of hydrogen-bond donors (Lipinski definition) is 0. The Morgan fingerprint density at radius 3 is 2.67 bits per heavy atom. The Bertz CT molecular complexity index is 1180. The van der Waals surface area contributed by atoms with Crippen molar-refractivity contribution < 1.29 is 19.0 Å². The third-order valence-corrected chi connectivity index (χ3v) is 5.93. The molecule has 0 aromatic heterocycles. The van der Waals surface area contributed by atoms with Gasteiger partial charge in [0.15, 0.2) is 0 Å². The highest BCUT2D eigenvalue weighted by Crippen LogP contribution is 2.39. The van der Waals surface area contributed by atoms with Crippen LogP contribution >= 0.6 is 0 Å². The lowest BCUT2D eigenvalue weighted by Gasteiger charge is -2.27. The number of carbonyl (C=O) groups is 1. The number of likely N-dealkylation sites (tertiary alicyclic amines) is 1. The fourth-order valence-corrected chi connectivity index (χ4v) is 4.23. The summed E-state index contributed by atoms with van der Waals surface area (Å²) in [5, 5.41) is 9.27. The predicted molar refractivity (Wildman–Crippen MR) is 124 cm³/mol. The monoisotopic (exact) mass is 442 g/mol. The molecule has 1 aliphatic heterocycles. The van der Waals surface area contributed by atoms with Crippen LogP contribution in [0, 0.1) is 11.3 Å². The second kappa shape index (κ2) is 10.1. The van der Waals surface area contributed by atoms with Crippen molar-refractivity contribution in [2.75, 3.05) is 20.8 Å². The number of methoxy groups -OCH3 is 2. The van der Waals surface area contributed by atoms with Gasteiger partial charge < -0.3 is 19.1 Å². The summed E-state index contributed by atoms with van der Waals surface area (Å²) < 4.78 is 16.8. The Hall–Kier alpha value is -3.98. The van der Waals surface area contributed by atoms with Gasteiger partial charge in [0, 0.05) is 29.3 Å². The SMILES string of the molecule is COc1ccc(C2CCCN2C(=O)c2cccc(OCc3ccccc3C#N)c2)c(OC)c1. The van der Waals surface area contributed by atoms with E-state index in [0.29, 0.717) is 34.9 Å². The number of amides is 1. The molecule has 0 N–H and O–H groups in total. The smallest absolute Gasteiger partial charge is 0.254 e. The largest absolute Gasteiger partial charge is 0.497 e. The van der Waals surface area contributed by atoms with Crippen LogP contribution in [-0.2, 0) is 6.61 Å². The molecule has 1 aliphatic rings. The standard InChI is InChI=1S/C27H26N2O4/c1-31-22-12-13-24(26(16-22)32-2)25-11-6-14-29(25)27(30)19-9-5-10-23(15-19)33-18-21-8-4-3-7-20(21)17-28/h3-5,7-10,12-13,15-16,25H,6,11,14,18H2,1-2H3. The second-order valence-electron chi connectivity index (χ2n) is 7.85. The average Bonchev–Trinajstić information content (AvgIpc) is 3.36. The Kier molecular flexibility index (Phi) is 6.80. The summed E-state index contributed by atoms with van der Waals surface area (Å²) in [5.74, 6) is 1.98. The van der Waals surface area contributed by atoms with Gasteiger partial charge in [-0.25, -0.2) is 0 Å². The van der Waals surface area contributed by atoms with E-state index in [1.54, 1.807) is 32.4 Å². The van der Waals surface area contributed by atoms with Crippen molar-refractivity contribution in [2.45, 2.75) is 25.5 Å². The molecule has 3 aromatic carbocycles. The van der Waals surface area contributed by atoms with E-state index in [4.69, 9.17) is 14.2 Å². The van der Waals surface area contributed by atoms with E-state index in [1.807, 2.05) is 53.4 Å². The zero-order chi connectivity index (χ0) is 23.2. The first kappa shape index (κ1) is 22.2. The van der Waals surface area contributed by atoms with Crippen molar-refractivity contribution in [3.63, 3.8) is 0 Å². The lowest BCUT2D eigenvalue weighted by Crippen LogP contribution is -2.30. The molecule has 1 atom stereocenters. The number of carbonyl (C=O) groups excluding carboxylic acids is 1.